The predicted molar refractivity (Wildman–Crippen MR) is 95.1 cm³/mol. The highest BCUT2D eigenvalue weighted by Crippen LogP contribution is 2.22. The van der Waals surface area contributed by atoms with Gasteiger partial charge in [-0.05, 0) is 47.5 Å². The number of methoxy groups -OCH3 is 1. The molecule has 26 heavy (non-hydrogen) atoms. The van der Waals surface area contributed by atoms with E-state index in [0.29, 0.717) is 5.78 Å². The molecule has 0 aliphatic carbocycles. The summed E-state index contributed by atoms with van der Waals surface area (Å²) < 4.78 is 12.1. The normalized spacial score (nSPS) is 11.0. The van der Waals surface area contributed by atoms with Gasteiger partial charge >= 0.3 is 5.97 Å². The van der Waals surface area contributed by atoms with Crippen molar-refractivity contribution >= 4 is 22.5 Å². The van der Waals surface area contributed by atoms with Gasteiger partial charge in [0.2, 0.25) is 0 Å². The second-order valence-corrected chi connectivity index (χ2v) is 5.86. The van der Waals surface area contributed by atoms with Gasteiger partial charge in [-0.2, -0.15) is 4.98 Å². The second-order valence-electron chi connectivity index (χ2n) is 5.86. The summed E-state index contributed by atoms with van der Waals surface area (Å²) in [5.74, 6) is 0.595. The molecule has 0 bridgehead atoms. The molecule has 0 unspecified atom stereocenters. The van der Waals surface area contributed by atoms with Gasteiger partial charge in [0.25, 0.3) is 11.6 Å². The molecule has 2 aromatic carbocycles. The smallest absolute Gasteiger partial charge is 0.378 e. The summed E-state index contributed by atoms with van der Waals surface area (Å²) in [5, 5.41) is 6.25. The Morgan fingerprint density at radius 2 is 1.92 bits per heavy atom. The molecule has 7 nitrogen and oxygen atoms in total. The van der Waals surface area contributed by atoms with E-state index in [1.165, 1.54) is 4.52 Å². The van der Waals surface area contributed by atoms with Crippen LogP contribution < -0.4 is 4.74 Å². The van der Waals surface area contributed by atoms with Gasteiger partial charge in [-0.1, -0.05) is 18.2 Å². The van der Waals surface area contributed by atoms with Crippen molar-refractivity contribution in [2.75, 3.05) is 7.11 Å². The molecule has 0 N–H and O–H groups in total. The Kier molecular flexibility index (Phi) is 3.96. The zero-order valence-electron chi connectivity index (χ0n) is 14.3. The highest BCUT2D eigenvalue weighted by Gasteiger charge is 2.16. The molecule has 0 aliphatic heterocycles. The molecular weight excluding hydrogens is 332 g/mol. The van der Waals surface area contributed by atoms with E-state index in [-0.39, 0.29) is 12.4 Å². The maximum absolute atomic E-state index is 12.2. The van der Waals surface area contributed by atoms with Crippen LogP contribution in [0.4, 0.5) is 0 Å². The number of carbonyl (C=O) groups excluding carboxylic acids is 1. The minimum atomic E-state index is -0.579. The fourth-order valence-electron chi connectivity index (χ4n) is 2.70. The highest BCUT2D eigenvalue weighted by molar-refractivity contribution is 5.86. The third-order valence-corrected chi connectivity index (χ3v) is 4.09. The molecule has 2 aromatic heterocycles. The summed E-state index contributed by atoms with van der Waals surface area (Å²) in [7, 11) is 1.64. The summed E-state index contributed by atoms with van der Waals surface area (Å²) in [6.45, 7) is 2.01. The molecule has 0 atom stereocenters. The molecule has 0 spiro atoms. The summed E-state index contributed by atoms with van der Waals surface area (Å²) in [4.78, 5) is 20.4. The molecule has 0 saturated carbocycles. The molecule has 4 rings (SSSR count). The lowest BCUT2D eigenvalue weighted by Gasteiger charge is -2.06. The van der Waals surface area contributed by atoms with Crippen LogP contribution in [0, 0.1) is 6.92 Å². The second kappa shape index (κ2) is 6.44. The van der Waals surface area contributed by atoms with Gasteiger partial charge in [-0.3, -0.25) is 0 Å². The van der Waals surface area contributed by atoms with E-state index in [4.69, 9.17) is 9.47 Å². The van der Waals surface area contributed by atoms with Crippen molar-refractivity contribution in [3.05, 3.63) is 65.7 Å². The number of aromatic nitrogens is 4. The Morgan fingerprint density at radius 1 is 1.12 bits per heavy atom. The number of hydrogen-bond acceptors (Lipinski definition) is 6. The number of esters is 1. The van der Waals surface area contributed by atoms with Crippen LogP contribution in [0.5, 0.6) is 5.75 Å². The number of fused-ring (bicyclic) bond motifs is 2. The minimum Gasteiger partial charge on any atom is -0.497 e. The van der Waals surface area contributed by atoms with Crippen LogP contribution in [0.1, 0.15) is 21.9 Å². The molecule has 0 aliphatic rings. The molecule has 0 fully saturated rings. The largest absolute Gasteiger partial charge is 0.497 e. The van der Waals surface area contributed by atoms with Crippen LogP contribution in [0.3, 0.4) is 0 Å². The zero-order chi connectivity index (χ0) is 18.1. The number of aryl methyl sites for hydroxylation is 1. The Morgan fingerprint density at radius 3 is 2.73 bits per heavy atom. The lowest BCUT2D eigenvalue weighted by atomic mass is 10.1. The molecule has 7 heteroatoms. The van der Waals surface area contributed by atoms with Gasteiger partial charge in [-0.25, -0.2) is 14.3 Å². The molecular formula is C19H16N4O3. The Bertz CT molecular complexity index is 1120. The van der Waals surface area contributed by atoms with E-state index in [2.05, 4.69) is 15.1 Å². The van der Waals surface area contributed by atoms with E-state index in [9.17, 15) is 4.79 Å². The summed E-state index contributed by atoms with van der Waals surface area (Å²) in [5.41, 5.74) is 1.72. The molecule has 4 aromatic rings. The first-order chi connectivity index (χ1) is 12.6. The Labute approximate surface area is 149 Å². The average Bonchev–Trinajstić information content (AvgIpc) is 3.11. The molecule has 0 amide bonds. The third kappa shape index (κ3) is 2.95. The van der Waals surface area contributed by atoms with E-state index in [1.807, 2.05) is 43.3 Å². The predicted octanol–water partition coefficient (Wildman–Crippen LogP) is 2.95. The van der Waals surface area contributed by atoms with Crippen molar-refractivity contribution in [2.24, 2.45) is 0 Å². The SMILES string of the molecule is COc1ccc2cc(COC(=O)c3nc4nccc(C)n4n3)ccc2c1. The number of rotatable bonds is 4. The number of ether oxygens (including phenoxy) is 2. The van der Waals surface area contributed by atoms with Gasteiger partial charge in [0.15, 0.2) is 0 Å². The van der Waals surface area contributed by atoms with Crippen LogP contribution in [0.2, 0.25) is 0 Å². The number of carbonyl (C=O) groups is 1. The number of benzene rings is 2. The quantitative estimate of drug-likeness (QED) is 0.528. The first-order valence-corrected chi connectivity index (χ1v) is 8.06. The van der Waals surface area contributed by atoms with Crippen LogP contribution >= 0.6 is 0 Å². The van der Waals surface area contributed by atoms with E-state index < -0.39 is 5.97 Å². The molecule has 130 valence electrons. The van der Waals surface area contributed by atoms with E-state index in [1.54, 1.807) is 19.4 Å². The molecule has 0 radical (unpaired) electrons. The molecule has 0 saturated heterocycles. The molecule has 2 heterocycles. The minimum absolute atomic E-state index is 0.00248. The maximum atomic E-state index is 12.2. The van der Waals surface area contributed by atoms with Gasteiger partial charge in [0, 0.05) is 11.9 Å². The van der Waals surface area contributed by atoms with Crippen molar-refractivity contribution in [2.45, 2.75) is 13.5 Å². The summed E-state index contributed by atoms with van der Waals surface area (Å²) >= 11 is 0. The van der Waals surface area contributed by atoms with Crippen molar-refractivity contribution < 1.29 is 14.3 Å². The third-order valence-electron chi connectivity index (χ3n) is 4.09. The zero-order valence-corrected chi connectivity index (χ0v) is 14.3. The average molecular weight is 348 g/mol. The van der Waals surface area contributed by atoms with E-state index in [0.717, 1.165) is 27.8 Å². The fraction of sp³-hybridized carbons (Fsp3) is 0.158. The Hall–Kier alpha value is -3.48. The van der Waals surface area contributed by atoms with Crippen molar-refractivity contribution in [3.8, 4) is 5.75 Å². The standard InChI is InChI=1S/C19H16N4O3/c1-12-7-8-20-19-21-17(22-23(12)19)18(24)26-11-13-3-4-15-10-16(25-2)6-5-14(15)9-13/h3-10H,11H2,1-2H3. The topological polar surface area (TPSA) is 78.6 Å². The van der Waals surface area contributed by atoms with Crippen molar-refractivity contribution in [3.63, 3.8) is 0 Å². The monoisotopic (exact) mass is 348 g/mol. The Balaban J connectivity index is 1.51. The lowest BCUT2D eigenvalue weighted by Crippen LogP contribution is -2.07. The van der Waals surface area contributed by atoms with Crippen LogP contribution in [-0.4, -0.2) is 32.7 Å². The lowest BCUT2D eigenvalue weighted by molar-refractivity contribution is 0.0458. The van der Waals surface area contributed by atoms with Crippen LogP contribution in [-0.2, 0) is 11.3 Å². The first-order valence-electron chi connectivity index (χ1n) is 8.06. The van der Waals surface area contributed by atoms with E-state index >= 15 is 0 Å². The van der Waals surface area contributed by atoms with Gasteiger partial charge < -0.3 is 9.47 Å². The van der Waals surface area contributed by atoms with Crippen molar-refractivity contribution in [1.29, 1.82) is 0 Å². The maximum Gasteiger partial charge on any atom is 0.378 e. The van der Waals surface area contributed by atoms with Crippen LogP contribution in [0.15, 0.2) is 48.7 Å². The number of hydrogen-bond donors (Lipinski definition) is 0. The highest BCUT2D eigenvalue weighted by atomic mass is 16.5. The van der Waals surface area contributed by atoms with Crippen molar-refractivity contribution in [1.82, 2.24) is 19.6 Å². The fourth-order valence-corrected chi connectivity index (χ4v) is 2.70. The first kappa shape index (κ1) is 16.0. The van der Waals surface area contributed by atoms with Gasteiger partial charge in [0.1, 0.15) is 12.4 Å². The summed E-state index contributed by atoms with van der Waals surface area (Å²) in [6, 6.07) is 13.5. The van der Waals surface area contributed by atoms with Crippen LogP contribution in [0.25, 0.3) is 16.6 Å². The van der Waals surface area contributed by atoms with Gasteiger partial charge in [0.05, 0.1) is 7.11 Å². The summed E-state index contributed by atoms with van der Waals surface area (Å²) in [6.07, 6.45) is 1.62. The number of nitrogens with zero attached hydrogens (tertiary/aromatic N) is 4. The van der Waals surface area contributed by atoms with Gasteiger partial charge in [-0.15, -0.1) is 5.10 Å².